The van der Waals surface area contributed by atoms with E-state index in [1.807, 2.05) is 48.4 Å². The minimum absolute atomic E-state index is 0.0112. The van der Waals surface area contributed by atoms with Crippen molar-refractivity contribution in [3.05, 3.63) is 48.2 Å². The Bertz CT molecular complexity index is 1130. The first kappa shape index (κ1) is 23.0. The number of aliphatic hydroxyl groups excluding tert-OH is 1. The maximum atomic E-state index is 12.6. The van der Waals surface area contributed by atoms with Gasteiger partial charge < -0.3 is 21.1 Å². The fourth-order valence-electron chi connectivity index (χ4n) is 4.37. The van der Waals surface area contributed by atoms with Gasteiger partial charge in [-0.2, -0.15) is 0 Å². The molecule has 7 nitrogen and oxygen atoms in total. The van der Waals surface area contributed by atoms with Crippen LogP contribution in [0.1, 0.15) is 56.3 Å². The van der Waals surface area contributed by atoms with Crippen LogP contribution in [0.3, 0.4) is 0 Å². The van der Waals surface area contributed by atoms with Crippen molar-refractivity contribution in [2.24, 2.45) is 0 Å². The number of nitrogens with zero attached hydrogens (tertiary/aromatic N) is 3. The summed E-state index contributed by atoms with van der Waals surface area (Å²) in [6.45, 7) is 5.83. The van der Waals surface area contributed by atoms with Gasteiger partial charge in [-0.15, -0.1) is 0 Å². The van der Waals surface area contributed by atoms with E-state index >= 15 is 0 Å². The van der Waals surface area contributed by atoms with Crippen LogP contribution in [0.4, 0.5) is 11.5 Å². The number of anilines is 2. The molecule has 4 N–H and O–H groups in total. The Kier molecular flexibility index (Phi) is 6.79. The highest BCUT2D eigenvalue weighted by atomic mass is 16.3. The summed E-state index contributed by atoms with van der Waals surface area (Å²) >= 11 is 0. The standard InChI is InChI=1S/C26H33N5O2/c1-3-4-11-26(2,17-32)30-22-15-23(27)29-21-14-20(16-28-24(21)22)18-7-9-19(10-8-18)25(33)31-12-5-6-13-31/h7-10,14-16,32H,3-6,11-13,17H2,1-2H3,(H3,27,29,30)/t26-/m1/s1. The number of carbonyl (C=O) groups excluding carboxylic acids is 1. The average Bonchev–Trinajstić information content (AvgIpc) is 3.37. The second-order valence-electron chi connectivity index (χ2n) is 9.21. The molecule has 2 aromatic heterocycles. The van der Waals surface area contributed by atoms with E-state index in [0.717, 1.165) is 62.0 Å². The molecule has 0 saturated carbocycles. The maximum Gasteiger partial charge on any atom is 0.253 e. The number of hydrogen-bond donors (Lipinski definition) is 3. The number of unbranched alkanes of at least 4 members (excludes halogenated alkanes) is 1. The zero-order chi connectivity index (χ0) is 23.4. The number of nitrogens with two attached hydrogens (primary N) is 1. The van der Waals surface area contributed by atoms with Gasteiger partial charge in [-0.3, -0.25) is 9.78 Å². The highest BCUT2D eigenvalue weighted by Gasteiger charge is 2.24. The van der Waals surface area contributed by atoms with E-state index in [9.17, 15) is 9.90 Å². The number of nitrogens with one attached hydrogen (secondary N) is 1. The number of hydrogen-bond acceptors (Lipinski definition) is 6. The smallest absolute Gasteiger partial charge is 0.253 e. The Morgan fingerprint density at radius 1 is 1.18 bits per heavy atom. The molecule has 1 aliphatic heterocycles. The Morgan fingerprint density at radius 3 is 2.58 bits per heavy atom. The van der Waals surface area contributed by atoms with E-state index in [1.54, 1.807) is 6.07 Å². The Morgan fingerprint density at radius 2 is 1.91 bits per heavy atom. The average molecular weight is 448 g/mol. The monoisotopic (exact) mass is 447 g/mol. The normalized spacial score (nSPS) is 15.5. The van der Waals surface area contributed by atoms with Crippen molar-refractivity contribution in [3.63, 3.8) is 0 Å². The minimum atomic E-state index is -0.463. The highest BCUT2D eigenvalue weighted by Crippen LogP contribution is 2.30. The number of aliphatic hydroxyl groups is 1. The van der Waals surface area contributed by atoms with Crippen LogP contribution in [-0.2, 0) is 0 Å². The third kappa shape index (κ3) is 5.09. The lowest BCUT2D eigenvalue weighted by Gasteiger charge is -2.30. The van der Waals surface area contributed by atoms with Crippen molar-refractivity contribution in [1.82, 2.24) is 14.9 Å². The van der Waals surface area contributed by atoms with E-state index in [4.69, 9.17) is 5.73 Å². The number of pyridine rings is 2. The van der Waals surface area contributed by atoms with Gasteiger partial charge >= 0.3 is 0 Å². The first-order valence-corrected chi connectivity index (χ1v) is 11.8. The van der Waals surface area contributed by atoms with E-state index in [0.29, 0.717) is 22.4 Å². The molecule has 0 bridgehead atoms. The molecule has 3 aromatic rings. The molecular formula is C26H33N5O2. The second kappa shape index (κ2) is 9.75. The van der Waals surface area contributed by atoms with Crippen LogP contribution < -0.4 is 11.1 Å². The zero-order valence-electron chi connectivity index (χ0n) is 19.5. The SMILES string of the molecule is CCCC[C@](C)(CO)Nc1cc(N)nc2cc(-c3ccc(C(=O)N4CCCC4)cc3)cnc12. The van der Waals surface area contributed by atoms with Gasteiger partial charge in [-0.25, -0.2) is 4.98 Å². The lowest BCUT2D eigenvalue weighted by molar-refractivity contribution is 0.0793. The topological polar surface area (TPSA) is 104 Å². The fraction of sp³-hybridized carbons (Fsp3) is 0.423. The quantitative estimate of drug-likeness (QED) is 0.471. The van der Waals surface area contributed by atoms with Gasteiger partial charge in [0.25, 0.3) is 5.91 Å². The van der Waals surface area contributed by atoms with Gasteiger partial charge in [0, 0.05) is 36.5 Å². The van der Waals surface area contributed by atoms with E-state index < -0.39 is 5.54 Å². The minimum Gasteiger partial charge on any atom is -0.394 e. The molecule has 33 heavy (non-hydrogen) atoms. The Hall–Kier alpha value is -3.19. The lowest BCUT2D eigenvalue weighted by Crippen LogP contribution is -2.38. The molecule has 1 aliphatic rings. The molecule has 1 amide bonds. The Labute approximate surface area is 195 Å². The van der Waals surface area contributed by atoms with Gasteiger partial charge in [-0.1, -0.05) is 31.9 Å². The number of nitrogen functional groups attached to an aromatic ring is 1. The molecule has 1 saturated heterocycles. The van der Waals surface area contributed by atoms with Crippen LogP contribution in [-0.4, -0.2) is 51.1 Å². The maximum absolute atomic E-state index is 12.6. The van der Waals surface area contributed by atoms with Crippen LogP contribution in [0, 0.1) is 0 Å². The van der Waals surface area contributed by atoms with Crippen molar-refractivity contribution < 1.29 is 9.90 Å². The largest absolute Gasteiger partial charge is 0.394 e. The molecule has 0 spiro atoms. The van der Waals surface area contributed by atoms with E-state index in [1.165, 1.54) is 0 Å². The van der Waals surface area contributed by atoms with Crippen LogP contribution in [0.5, 0.6) is 0 Å². The first-order chi connectivity index (χ1) is 15.9. The molecule has 174 valence electrons. The predicted octanol–water partition coefficient (Wildman–Crippen LogP) is 4.47. The number of aromatic nitrogens is 2. The lowest BCUT2D eigenvalue weighted by atomic mass is 9.95. The molecular weight excluding hydrogens is 414 g/mol. The van der Waals surface area contributed by atoms with Gasteiger partial charge in [-0.05, 0) is 49.9 Å². The highest BCUT2D eigenvalue weighted by molar-refractivity contribution is 5.95. The third-order valence-electron chi connectivity index (χ3n) is 6.39. The summed E-state index contributed by atoms with van der Waals surface area (Å²) < 4.78 is 0. The summed E-state index contributed by atoms with van der Waals surface area (Å²) in [5.74, 6) is 0.488. The summed E-state index contributed by atoms with van der Waals surface area (Å²) in [6.07, 6.45) is 6.87. The molecule has 0 unspecified atom stereocenters. The molecule has 7 heteroatoms. The number of carbonyl (C=O) groups is 1. The molecule has 4 rings (SSSR count). The molecule has 1 atom stereocenters. The summed E-state index contributed by atoms with van der Waals surface area (Å²) in [5.41, 5.74) is 10.4. The second-order valence-corrected chi connectivity index (χ2v) is 9.21. The molecule has 1 fully saturated rings. The summed E-state index contributed by atoms with van der Waals surface area (Å²) in [5, 5.41) is 13.4. The molecule has 3 heterocycles. The predicted molar refractivity (Wildman–Crippen MR) is 133 cm³/mol. The van der Waals surface area contributed by atoms with Crippen LogP contribution in [0.15, 0.2) is 42.6 Å². The summed E-state index contributed by atoms with van der Waals surface area (Å²) in [7, 11) is 0. The first-order valence-electron chi connectivity index (χ1n) is 11.8. The number of fused-ring (bicyclic) bond motifs is 1. The summed E-state index contributed by atoms with van der Waals surface area (Å²) in [4.78, 5) is 23.7. The zero-order valence-corrected chi connectivity index (χ0v) is 19.5. The van der Waals surface area contributed by atoms with Crippen molar-refractivity contribution in [2.45, 2.75) is 51.5 Å². The van der Waals surface area contributed by atoms with Crippen LogP contribution >= 0.6 is 0 Å². The van der Waals surface area contributed by atoms with Crippen LogP contribution in [0.2, 0.25) is 0 Å². The molecule has 1 aromatic carbocycles. The van der Waals surface area contributed by atoms with Gasteiger partial charge in [0.1, 0.15) is 11.3 Å². The van der Waals surface area contributed by atoms with E-state index in [2.05, 4.69) is 22.2 Å². The number of likely N-dealkylation sites (tertiary alicyclic amines) is 1. The summed E-state index contributed by atoms with van der Waals surface area (Å²) in [6, 6.07) is 11.4. The third-order valence-corrected chi connectivity index (χ3v) is 6.39. The molecule has 0 radical (unpaired) electrons. The number of benzene rings is 1. The van der Waals surface area contributed by atoms with Crippen molar-refractivity contribution in [2.75, 3.05) is 30.7 Å². The fourth-order valence-corrected chi connectivity index (χ4v) is 4.37. The number of rotatable bonds is 8. The van der Waals surface area contributed by atoms with Crippen molar-refractivity contribution in [1.29, 1.82) is 0 Å². The van der Waals surface area contributed by atoms with Gasteiger partial charge in [0.2, 0.25) is 0 Å². The van der Waals surface area contributed by atoms with Crippen molar-refractivity contribution >= 4 is 28.4 Å². The molecule has 0 aliphatic carbocycles. The van der Waals surface area contributed by atoms with Crippen molar-refractivity contribution in [3.8, 4) is 11.1 Å². The van der Waals surface area contributed by atoms with Crippen LogP contribution in [0.25, 0.3) is 22.2 Å². The van der Waals surface area contributed by atoms with Gasteiger partial charge in [0.05, 0.1) is 23.3 Å². The van der Waals surface area contributed by atoms with Gasteiger partial charge in [0.15, 0.2) is 0 Å². The van der Waals surface area contributed by atoms with E-state index in [-0.39, 0.29) is 12.5 Å². The number of amides is 1. The Balaban J connectivity index is 1.61.